The second-order valence-electron chi connectivity index (χ2n) is 8.47. The highest BCUT2D eigenvalue weighted by molar-refractivity contribution is 5.95. The van der Waals surface area contributed by atoms with Crippen molar-refractivity contribution >= 4 is 16.9 Å². The monoisotopic (exact) mass is 486 g/mol. The average Bonchev–Trinajstić information content (AvgIpc) is 3.13. The summed E-state index contributed by atoms with van der Waals surface area (Å²) >= 11 is 0. The third-order valence-electron chi connectivity index (χ3n) is 6.20. The molecule has 3 aromatic carbocycles. The molecule has 0 fully saturated rings. The van der Waals surface area contributed by atoms with Gasteiger partial charge in [-0.25, -0.2) is 4.79 Å². The van der Waals surface area contributed by atoms with E-state index >= 15 is 0 Å². The Labute approximate surface area is 208 Å². The maximum absolute atomic E-state index is 13.6. The minimum atomic E-state index is -0.551. The number of aryl methyl sites for hydroxylation is 2. The molecule has 7 nitrogen and oxygen atoms in total. The summed E-state index contributed by atoms with van der Waals surface area (Å²) in [4.78, 5) is 26.5. The van der Waals surface area contributed by atoms with Gasteiger partial charge in [0.1, 0.15) is 28.4 Å². The highest BCUT2D eigenvalue weighted by Crippen LogP contribution is 2.36. The summed E-state index contributed by atoms with van der Waals surface area (Å²) in [6.45, 7) is 4.82. The predicted octanol–water partition coefficient (Wildman–Crippen LogP) is 5.72. The highest BCUT2D eigenvalue weighted by atomic mass is 16.5. The third kappa shape index (κ3) is 4.28. The van der Waals surface area contributed by atoms with Gasteiger partial charge < -0.3 is 23.4 Å². The minimum Gasteiger partial charge on any atom is -0.496 e. The molecule has 0 saturated carbocycles. The first-order chi connectivity index (χ1) is 17.5. The molecule has 7 heteroatoms. The lowest BCUT2D eigenvalue weighted by Gasteiger charge is -2.14. The number of esters is 1. The van der Waals surface area contributed by atoms with Crippen molar-refractivity contribution in [1.29, 1.82) is 0 Å². The maximum atomic E-state index is 13.6. The first-order valence-corrected chi connectivity index (χ1v) is 11.9. The quantitative estimate of drug-likeness (QED) is 0.263. The van der Waals surface area contributed by atoms with Gasteiger partial charge in [0.15, 0.2) is 11.5 Å². The second kappa shape index (κ2) is 9.77. The number of benzene rings is 3. The molecular formula is C29H26O7. The van der Waals surface area contributed by atoms with E-state index in [4.69, 9.17) is 23.4 Å². The van der Waals surface area contributed by atoms with Crippen LogP contribution in [0, 0.1) is 6.92 Å². The van der Waals surface area contributed by atoms with Crippen LogP contribution in [0.5, 0.6) is 23.0 Å². The zero-order valence-electron chi connectivity index (χ0n) is 20.4. The molecule has 0 unspecified atom stereocenters. The van der Waals surface area contributed by atoms with Crippen molar-refractivity contribution in [3.63, 3.8) is 0 Å². The van der Waals surface area contributed by atoms with Crippen molar-refractivity contribution < 1.29 is 28.2 Å². The van der Waals surface area contributed by atoms with Gasteiger partial charge in [0.25, 0.3) is 0 Å². The molecule has 0 radical (unpaired) electrons. The van der Waals surface area contributed by atoms with Crippen LogP contribution in [0.2, 0.25) is 0 Å². The van der Waals surface area contributed by atoms with Crippen molar-refractivity contribution in [3.8, 4) is 34.1 Å². The molecule has 184 valence electrons. The number of hydrogen-bond acceptors (Lipinski definition) is 7. The molecule has 4 aromatic rings. The summed E-state index contributed by atoms with van der Waals surface area (Å²) in [5.41, 5.74) is 2.35. The predicted molar refractivity (Wildman–Crippen MR) is 136 cm³/mol. The van der Waals surface area contributed by atoms with E-state index < -0.39 is 5.97 Å². The molecule has 0 aliphatic carbocycles. The lowest BCUT2D eigenvalue weighted by atomic mass is 10.0. The molecule has 2 heterocycles. The van der Waals surface area contributed by atoms with Crippen LogP contribution < -0.4 is 24.4 Å². The van der Waals surface area contributed by atoms with Gasteiger partial charge in [-0.05, 0) is 54.8 Å². The fourth-order valence-electron chi connectivity index (χ4n) is 4.37. The van der Waals surface area contributed by atoms with Crippen LogP contribution in [0.25, 0.3) is 22.1 Å². The van der Waals surface area contributed by atoms with E-state index in [-0.39, 0.29) is 5.43 Å². The number of hydrogen-bond donors (Lipinski definition) is 0. The van der Waals surface area contributed by atoms with Crippen molar-refractivity contribution in [2.45, 2.75) is 26.7 Å². The van der Waals surface area contributed by atoms with Crippen LogP contribution in [0.3, 0.4) is 0 Å². The first kappa shape index (κ1) is 23.5. The molecule has 1 aliphatic heterocycles. The SMILES string of the molecule is CCc1cc2c(=O)c(-c3ccc4c(c3)OCCCO4)c(C)oc2cc1OC(=O)c1ccccc1OC. The Morgan fingerprint density at radius 2 is 1.75 bits per heavy atom. The fraction of sp³-hybridized carbons (Fsp3) is 0.241. The van der Waals surface area contributed by atoms with E-state index in [0.717, 1.165) is 6.42 Å². The molecule has 0 spiro atoms. The number of ether oxygens (including phenoxy) is 4. The number of carbonyl (C=O) groups is 1. The van der Waals surface area contributed by atoms with Gasteiger partial charge in [-0.2, -0.15) is 0 Å². The Kier molecular flexibility index (Phi) is 6.38. The van der Waals surface area contributed by atoms with E-state index in [0.29, 0.717) is 81.6 Å². The van der Waals surface area contributed by atoms with Crippen LogP contribution in [0.15, 0.2) is 63.8 Å². The lowest BCUT2D eigenvalue weighted by Crippen LogP contribution is -2.12. The van der Waals surface area contributed by atoms with Crippen LogP contribution in [-0.4, -0.2) is 26.3 Å². The number of rotatable bonds is 5. The molecular weight excluding hydrogens is 460 g/mol. The molecule has 1 aliphatic rings. The molecule has 0 saturated heterocycles. The third-order valence-corrected chi connectivity index (χ3v) is 6.20. The van der Waals surface area contributed by atoms with Crippen LogP contribution in [0.1, 0.15) is 35.0 Å². The summed E-state index contributed by atoms with van der Waals surface area (Å²) in [5.74, 6) is 1.93. The topological polar surface area (TPSA) is 84.2 Å². The number of carbonyl (C=O) groups excluding carboxylic acids is 1. The Morgan fingerprint density at radius 3 is 2.53 bits per heavy atom. The minimum absolute atomic E-state index is 0.166. The van der Waals surface area contributed by atoms with E-state index in [1.807, 2.05) is 25.1 Å². The Hall–Kier alpha value is -4.26. The largest absolute Gasteiger partial charge is 0.496 e. The Morgan fingerprint density at radius 1 is 0.972 bits per heavy atom. The van der Waals surface area contributed by atoms with Crippen LogP contribution in [-0.2, 0) is 6.42 Å². The van der Waals surface area contributed by atoms with Gasteiger partial charge >= 0.3 is 5.97 Å². The van der Waals surface area contributed by atoms with Gasteiger partial charge in [-0.1, -0.05) is 25.1 Å². The molecule has 1 aromatic heterocycles. The van der Waals surface area contributed by atoms with E-state index in [1.54, 1.807) is 43.3 Å². The summed E-state index contributed by atoms with van der Waals surface area (Å²) in [5, 5.41) is 0.414. The van der Waals surface area contributed by atoms with Crippen molar-refractivity contribution in [2.75, 3.05) is 20.3 Å². The second-order valence-corrected chi connectivity index (χ2v) is 8.47. The van der Waals surface area contributed by atoms with Gasteiger partial charge in [0.05, 0.1) is 31.3 Å². The van der Waals surface area contributed by atoms with Gasteiger partial charge in [0.2, 0.25) is 5.43 Å². The average molecular weight is 487 g/mol. The number of fused-ring (bicyclic) bond motifs is 2. The maximum Gasteiger partial charge on any atom is 0.347 e. The fourth-order valence-corrected chi connectivity index (χ4v) is 4.37. The first-order valence-electron chi connectivity index (χ1n) is 11.9. The van der Waals surface area contributed by atoms with E-state index in [2.05, 4.69) is 0 Å². The van der Waals surface area contributed by atoms with E-state index in [9.17, 15) is 9.59 Å². The molecule has 0 N–H and O–H groups in total. The van der Waals surface area contributed by atoms with Crippen LogP contribution in [0.4, 0.5) is 0 Å². The Balaban J connectivity index is 1.57. The van der Waals surface area contributed by atoms with Crippen molar-refractivity contribution in [1.82, 2.24) is 0 Å². The van der Waals surface area contributed by atoms with Gasteiger partial charge in [-0.3, -0.25) is 4.79 Å². The lowest BCUT2D eigenvalue weighted by molar-refractivity contribution is 0.0730. The molecule has 5 rings (SSSR count). The summed E-state index contributed by atoms with van der Waals surface area (Å²) < 4.78 is 28.6. The molecule has 0 atom stereocenters. The Bertz CT molecular complexity index is 1520. The smallest absolute Gasteiger partial charge is 0.347 e. The highest BCUT2D eigenvalue weighted by Gasteiger charge is 2.21. The number of methoxy groups -OCH3 is 1. The molecule has 0 bridgehead atoms. The summed E-state index contributed by atoms with van der Waals surface area (Å²) in [6.07, 6.45) is 1.35. The number of para-hydroxylation sites is 1. The van der Waals surface area contributed by atoms with Gasteiger partial charge in [0, 0.05) is 12.5 Å². The normalized spacial score (nSPS) is 12.8. The van der Waals surface area contributed by atoms with Crippen molar-refractivity contribution in [3.05, 3.63) is 81.7 Å². The summed E-state index contributed by atoms with van der Waals surface area (Å²) in [6, 6.07) is 15.7. The molecule has 0 amide bonds. The van der Waals surface area contributed by atoms with Crippen molar-refractivity contribution in [2.24, 2.45) is 0 Å². The zero-order valence-corrected chi connectivity index (χ0v) is 20.4. The standard InChI is InChI=1S/C29H26O7/c1-4-18-14-21-25(16-24(18)36-29(31)20-8-5-6-9-22(20)32-3)35-17(2)27(28(21)30)19-10-11-23-26(15-19)34-13-7-12-33-23/h5-6,8-11,14-16H,4,7,12-13H2,1-3H3. The molecule has 36 heavy (non-hydrogen) atoms. The summed E-state index contributed by atoms with van der Waals surface area (Å²) in [7, 11) is 1.50. The van der Waals surface area contributed by atoms with Gasteiger partial charge in [-0.15, -0.1) is 0 Å². The van der Waals surface area contributed by atoms with Crippen LogP contribution >= 0.6 is 0 Å². The zero-order chi connectivity index (χ0) is 25.2. The van der Waals surface area contributed by atoms with E-state index in [1.165, 1.54) is 7.11 Å².